The summed E-state index contributed by atoms with van der Waals surface area (Å²) in [4.78, 5) is 23.0. The third kappa shape index (κ3) is 6.64. The minimum absolute atomic E-state index is 0.236. The van der Waals surface area contributed by atoms with E-state index in [0.717, 1.165) is 17.8 Å². The molecular formula is C20H34O3. The Morgan fingerprint density at radius 3 is 1.91 bits per heavy atom. The van der Waals surface area contributed by atoms with Gasteiger partial charge in [-0.25, -0.2) is 0 Å². The molecule has 0 heterocycles. The second-order valence-corrected chi connectivity index (χ2v) is 8.07. The fourth-order valence-corrected chi connectivity index (χ4v) is 4.48. The maximum Gasteiger partial charge on any atom is 0.305 e. The molecule has 2 aliphatic carbocycles. The fourth-order valence-electron chi connectivity index (χ4n) is 4.48. The maximum atomic E-state index is 12.0. The van der Waals surface area contributed by atoms with Crippen LogP contribution in [0.4, 0.5) is 0 Å². The number of carbonyl (C=O) groups is 2. The highest BCUT2D eigenvalue weighted by atomic mass is 16.5. The monoisotopic (exact) mass is 322 g/mol. The van der Waals surface area contributed by atoms with Gasteiger partial charge in [0.05, 0.1) is 13.5 Å². The highest BCUT2D eigenvalue weighted by molar-refractivity contribution is 5.83. The van der Waals surface area contributed by atoms with Crippen molar-refractivity contribution in [3.05, 3.63) is 0 Å². The molecular weight excluding hydrogens is 288 g/mol. The van der Waals surface area contributed by atoms with E-state index in [0.29, 0.717) is 18.8 Å². The van der Waals surface area contributed by atoms with Crippen molar-refractivity contribution in [2.75, 3.05) is 7.11 Å². The Morgan fingerprint density at radius 1 is 0.826 bits per heavy atom. The van der Waals surface area contributed by atoms with Gasteiger partial charge in [-0.15, -0.1) is 0 Å². The first-order valence-electron chi connectivity index (χ1n) is 9.65. The van der Waals surface area contributed by atoms with Gasteiger partial charge in [-0.2, -0.15) is 0 Å². The molecule has 0 amide bonds. The molecule has 132 valence electrons. The SMILES string of the molecule is COC(=O)CCC(=O)CC1CCC(CC2CCC(C)CC2)CC1. The van der Waals surface area contributed by atoms with E-state index in [-0.39, 0.29) is 18.2 Å². The first-order chi connectivity index (χ1) is 11.1. The number of ether oxygens (including phenoxy) is 1. The Bertz CT molecular complexity index is 374. The topological polar surface area (TPSA) is 43.4 Å². The van der Waals surface area contributed by atoms with E-state index in [9.17, 15) is 9.59 Å². The van der Waals surface area contributed by atoms with Crippen LogP contribution in [0.2, 0.25) is 0 Å². The van der Waals surface area contributed by atoms with Gasteiger partial charge in [-0.3, -0.25) is 9.59 Å². The predicted octanol–water partition coefficient (Wildman–Crippen LogP) is 4.92. The molecule has 0 aromatic carbocycles. The molecule has 2 rings (SSSR count). The molecule has 0 saturated heterocycles. The number of carbonyl (C=O) groups excluding carboxylic acids is 2. The first-order valence-corrected chi connectivity index (χ1v) is 9.65. The van der Waals surface area contributed by atoms with Crippen LogP contribution in [0.15, 0.2) is 0 Å². The standard InChI is InChI=1S/C20H34O3/c1-15-3-5-16(6-4-15)13-17-7-9-18(10-8-17)14-19(21)11-12-20(22)23-2/h15-18H,3-14H2,1-2H3. The van der Waals surface area contributed by atoms with Gasteiger partial charge in [0.15, 0.2) is 0 Å². The first kappa shape index (κ1) is 18.5. The lowest BCUT2D eigenvalue weighted by Crippen LogP contribution is -2.21. The number of hydrogen-bond acceptors (Lipinski definition) is 3. The molecule has 2 fully saturated rings. The molecule has 0 unspecified atom stereocenters. The summed E-state index contributed by atoms with van der Waals surface area (Å²) in [7, 11) is 1.38. The normalized spacial score (nSPS) is 31.6. The molecule has 2 aliphatic rings. The third-order valence-corrected chi connectivity index (χ3v) is 6.12. The smallest absolute Gasteiger partial charge is 0.305 e. The minimum Gasteiger partial charge on any atom is -0.469 e. The number of ketones is 1. The van der Waals surface area contributed by atoms with Crippen LogP contribution in [-0.4, -0.2) is 18.9 Å². The summed E-state index contributed by atoms with van der Waals surface area (Å²) in [5.41, 5.74) is 0. The van der Waals surface area contributed by atoms with E-state index >= 15 is 0 Å². The molecule has 23 heavy (non-hydrogen) atoms. The average Bonchev–Trinajstić information content (AvgIpc) is 2.56. The van der Waals surface area contributed by atoms with Crippen molar-refractivity contribution >= 4 is 11.8 Å². The van der Waals surface area contributed by atoms with Crippen LogP contribution >= 0.6 is 0 Å². The Kier molecular flexibility index (Phi) is 7.58. The van der Waals surface area contributed by atoms with Gasteiger partial charge in [0.25, 0.3) is 0 Å². The average molecular weight is 322 g/mol. The van der Waals surface area contributed by atoms with E-state index in [1.165, 1.54) is 64.9 Å². The molecule has 0 atom stereocenters. The molecule has 0 N–H and O–H groups in total. The lowest BCUT2D eigenvalue weighted by molar-refractivity contribution is -0.142. The second kappa shape index (κ2) is 9.44. The maximum absolute atomic E-state index is 12.0. The lowest BCUT2D eigenvalue weighted by Gasteiger charge is -2.33. The van der Waals surface area contributed by atoms with E-state index in [4.69, 9.17) is 0 Å². The summed E-state index contributed by atoms with van der Waals surface area (Å²) < 4.78 is 4.59. The van der Waals surface area contributed by atoms with Crippen molar-refractivity contribution in [1.29, 1.82) is 0 Å². The van der Waals surface area contributed by atoms with Gasteiger partial charge in [-0.05, 0) is 42.9 Å². The molecule has 0 bridgehead atoms. The summed E-state index contributed by atoms with van der Waals surface area (Å²) in [5.74, 6) is 3.33. The molecule has 3 nitrogen and oxygen atoms in total. The summed E-state index contributed by atoms with van der Waals surface area (Å²) in [6, 6.07) is 0. The lowest BCUT2D eigenvalue weighted by atomic mass is 9.73. The number of esters is 1. The Hall–Kier alpha value is -0.860. The number of Topliss-reactive ketones (excluding diaryl/α,β-unsaturated/α-hetero) is 1. The largest absolute Gasteiger partial charge is 0.469 e. The molecule has 2 saturated carbocycles. The van der Waals surface area contributed by atoms with Gasteiger partial charge >= 0.3 is 5.97 Å². The van der Waals surface area contributed by atoms with Crippen LogP contribution in [0.25, 0.3) is 0 Å². The quantitative estimate of drug-likeness (QED) is 0.625. The zero-order valence-corrected chi connectivity index (χ0v) is 15.0. The van der Waals surface area contributed by atoms with Gasteiger partial charge in [0.2, 0.25) is 0 Å². The molecule has 0 aliphatic heterocycles. The van der Waals surface area contributed by atoms with Crippen LogP contribution in [-0.2, 0) is 14.3 Å². The molecule has 0 radical (unpaired) electrons. The van der Waals surface area contributed by atoms with Crippen LogP contribution in [0.5, 0.6) is 0 Å². The Balaban J connectivity index is 1.60. The van der Waals surface area contributed by atoms with Crippen molar-refractivity contribution in [2.24, 2.45) is 23.7 Å². The van der Waals surface area contributed by atoms with E-state index < -0.39 is 0 Å². The zero-order valence-electron chi connectivity index (χ0n) is 15.0. The zero-order chi connectivity index (χ0) is 16.7. The van der Waals surface area contributed by atoms with Crippen molar-refractivity contribution < 1.29 is 14.3 Å². The number of methoxy groups -OCH3 is 1. The molecule has 0 aromatic heterocycles. The second-order valence-electron chi connectivity index (χ2n) is 8.07. The molecule has 0 spiro atoms. The predicted molar refractivity (Wildman–Crippen MR) is 92.1 cm³/mol. The van der Waals surface area contributed by atoms with Crippen molar-refractivity contribution in [2.45, 2.75) is 84.0 Å². The van der Waals surface area contributed by atoms with Crippen LogP contribution < -0.4 is 0 Å². The van der Waals surface area contributed by atoms with Crippen molar-refractivity contribution in [3.63, 3.8) is 0 Å². The van der Waals surface area contributed by atoms with Crippen LogP contribution in [0.3, 0.4) is 0 Å². The third-order valence-electron chi connectivity index (χ3n) is 6.12. The van der Waals surface area contributed by atoms with Gasteiger partial charge in [0, 0.05) is 12.8 Å². The number of hydrogen-bond donors (Lipinski definition) is 0. The summed E-state index contributed by atoms with van der Waals surface area (Å²) >= 11 is 0. The van der Waals surface area contributed by atoms with Crippen LogP contribution in [0.1, 0.15) is 84.0 Å². The highest BCUT2D eigenvalue weighted by Crippen LogP contribution is 2.39. The Labute approximate surface area is 141 Å². The van der Waals surface area contributed by atoms with E-state index in [1.54, 1.807) is 0 Å². The highest BCUT2D eigenvalue weighted by Gasteiger charge is 2.26. The van der Waals surface area contributed by atoms with Gasteiger partial charge < -0.3 is 4.74 Å². The van der Waals surface area contributed by atoms with Gasteiger partial charge in [0.1, 0.15) is 5.78 Å². The van der Waals surface area contributed by atoms with Crippen molar-refractivity contribution in [3.8, 4) is 0 Å². The minimum atomic E-state index is -0.274. The van der Waals surface area contributed by atoms with Crippen LogP contribution in [0, 0.1) is 23.7 Å². The summed E-state index contributed by atoms with van der Waals surface area (Å²) in [5, 5.41) is 0. The fraction of sp³-hybridized carbons (Fsp3) is 0.900. The molecule has 3 heteroatoms. The Morgan fingerprint density at radius 2 is 1.35 bits per heavy atom. The van der Waals surface area contributed by atoms with Crippen molar-refractivity contribution in [1.82, 2.24) is 0 Å². The van der Waals surface area contributed by atoms with E-state index in [1.807, 2.05) is 0 Å². The van der Waals surface area contributed by atoms with Gasteiger partial charge in [-0.1, -0.05) is 45.4 Å². The number of rotatable bonds is 7. The van der Waals surface area contributed by atoms with E-state index in [2.05, 4.69) is 11.7 Å². The molecule has 0 aromatic rings. The summed E-state index contributed by atoms with van der Waals surface area (Å²) in [6.07, 6.45) is 13.4. The summed E-state index contributed by atoms with van der Waals surface area (Å²) in [6.45, 7) is 2.39.